The van der Waals surface area contributed by atoms with E-state index in [1.165, 1.54) is 11.3 Å². The summed E-state index contributed by atoms with van der Waals surface area (Å²) in [7, 11) is 0. The van der Waals surface area contributed by atoms with E-state index in [9.17, 15) is 4.79 Å². The number of aromatic nitrogens is 5. The van der Waals surface area contributed by atoms with Crippen LogP contribution < -0.4 is 10.6 Å². The smallest absolute Gasteiger partial charge is 0.321 e. The highest BCUT2D eigenvalue weighted by molar-refractivity contribution is 7.22. The molecule has 0 aliphatic carbocycles. The van der Waals surface area contributed by atoms with Gasteiger partial charge in [-0.05, 0) is 29.3 Å². The van der Waals surface area contributed by atoms with Crippen molar-refractivity contribution in [3.8, 4) is 11.1 Å². The number of amides is 2. The van der Waals surface area contributed by atoms with Gasteiger partial charge >= 0.3 is 6.03 Å². The van der Waals surface area contributed by atoms with Gasteiger partial charge in [-0.2, -0.15) is 10.1 Å². The average molecular weight is 462 g/mol. The third-order valence-electron chi connectivity index (χ3n) is 5.15. The summed E-state index contributed by atoms with van der Waals surface area (Å²) >= 11 is 1.43. The monoisotopic (exact) mass is 461 g/mol. The molecule has 0 aliphatic heterocycles. The molecule has 0 radical (unpaired) electrons. The van der Waals surface area contributed by atoms with Gasteiger partial charge in [-0.3, -0.25) is 10.4 Å². The van der Waals surface area contributed by atoms with Crippen molar-refractivity contribution in [3.05, 3.63) is 54.3 Å². The Labute approximate surface area is 193 Å². The normalized spacial score (nSPS) is 11.8. The second-order valence-corrected chi connectivity index (χ2v) is 9.77. The number of rotatable bonds is 5. The van der Waals surface area contributed by atoms with Crippen LogP contribution in [0, 0.1) is 0 Å². The molecule has 0 spiro atoms. The first-order valence-corrected chi connectivity index (χ1v) is 11.4. The Morgan fingerprint density at radius 2 is 2.06 bits per heavy atom. The second-order valence-electron chi connectivity index (χ2n) is 8.73. The standard InChI is InChI=1S/C23H23N7O2S/c1-23(2,3)20-27-19(30-32-20)9-10-24-21(31)28-22-26-17-8-7-13(11-18(17)33-22)14-5-4-6-16-15(14)12-25-29-16/h4-8,11-12H,9-10H2,1-3H3,(H,25,29)(H2,24,26,28,31). The molecule has 3 heterocycles. The van der Waals surface area contributed by atoms with Crippen molar-refractivity contribution >= 4 is 43.6 Å². The van der Waals surface area contributed by atoms with Crippen molar-refractivity contribution in [2.45, 2.75) is 32.6 Å². The van der Waals surface area contributed by atoms with E-state index < -0.39 is 0 Å². The predicted octanol–water partition coefficient (Wildman–Crippen LogP) is 4.88. The van der Waals surface area contributed by atoms with E-state index in [0.29, 0.717) is 29.8 Å². The van der Waals surface area contributed by atoms with Crippen molar-refractivity contribution < 1.29 is 9.32 Å². The van der Waals surface area contributed by atoms with E-state index in [1.807, 2.05) is 51.2 Å². The Bertz CT molecular complexity index is 1440. The van der Waals surface area contributed by atoms with Gasteiger partial charge in [-0.1, -0.05) is 55.5 Å². The van der Waals surface area contributed by atoms with E-state index in [2.05, 4.69) is 48.1 Å². The molecule has 0 unspecified atom stereocenters. The van der Waals surface area contributed by atoms with E-state index in [-0.39, 0.29) is 11.4 Å². The lowest BCUT2D eigenvalue weighted by Crippen LogP contribution is -2.30. The van der Waals surface area contributed by atoms with Gasteiger partial charge in [0.15, 0.2) is 11.0 Å². The highest BCUT2D eigenvalue weighted by Gasteiger charge is 2.21. The molecule has 33 heavy (non-hydrogen) atoms. The van der Waals surface area contributed by atoms with Crippen LogP contribution in [0.1, 0.15) is 32.5 Å². The fourth-order valence-electron chi connectivity index (χ4n) is 3.45. The highest BCUT2D eigenvalue weighted by atomic mass is 32.1. The zero-order valence-electron chi connectivity index (χ0n) is 18.5. The third kappa shape index (κ3) is 4.42. The van der Waals surface area contributed by atoms with E-state index >= 15 is 0 Å². The molecule has 0 bridgehead atoms. The molecule has 3 N–H and O–H groups in total. The van der Waals surface area contributed by atoms with Gasteiger partial charge < -0.3 is 9.84 Å². The summed E-state index contributed by atoms with van der Waals surface area (Å²) in [6, 6.07) is 11.8. The Hall–Kier alpha value is -3.79. The maximum Gasteiger partial charge on any atom is 0.321 e. The number of aromatic amines is 1. The van der Waals surface area contributed by atoms with Gasteiger partial charge in [-0.15, -0.1) is 0 Å². The minimum Gasteiger partial charge on any atom is -0.339 e. The quantitative estimate of drug-likeness (QED) is 0.343. The number of thiazole rings is 1. The number of nitrogens with one attached hydrogen (secondary N) is 3. The lowest BCUT2D eigenvalue weighted by molar-refractivity contribution is 0.252. The first kappa shape index (κ1) is 21.1. The van der Waals surface area contributed by atoms with Crippen LogP contribution in [0.25, 0.3) is 32.2 Å². The molecule has 10 heteroatoms. The van der Waals surface area contributed by atoms with Crippen LogP contribution in [-0.2, 0) is 11.8 Å². The van der Waals surface area contributed by atoms with E-state index in [4.69, 9.17) is 4.52 Å². The van der Waals surface area contributed by atoms with Gasteiger partial charge in [-0.25, -0.2) is 9.78 Å². The van der Waals surface area contributed by atoms with Gasteiger partial charge in [0.05, 0.1) is 21.9 Å². The predicted molar refractivity (Wildman–Crippen MR) is 128 cm³/mol. The molecule has 2 aromatic carbocycles. The highest BCUT2D eigenvalue weighted by Crippen LogP contribution is 2.33. The number of urea groups is 1. The molecule has 0 atom stereocenters. The van der Waals surface area contributed by atoms with Crippen LogP contribution in [0.3, 0.4) is 0 Å². The number of anilines is 1. The maximum absolute atomic E-state index is 12.3. The molecule has 0 fully saturated rings. The third-order valence-corrected chi connectivity index (χ3v) is 6.08. The molecule has 3 aromatic heterocycles. The van der Waals surface area contributed by atoms with E-state index in [0.717, 1.165) is 32.2 Å². The van der Waals surface area contributed by atoms with Crippen LogP contribution in [0.15, 0.2) is 47.1 Å². The van der Waals surface area contributed by atoms with Crippen LogP contribution in [-0.4, -0.2) is 37.9 Å². The van der Waals surface area contributed by atoms with Crippen molar-refractivity contribution in [3.63, 3.8) is 0 Å². The summed E-state index contributed by atoms with van der Waals surface area (Å²) in [5, 5.41) is 18.3. The van der Waals surface area contributed by atoms with Crippen LogP contribution in [0.5, 0.6) is 0 Å². The Morgan fingerprint density at radius 1 is 1.18 bits per heavy atom. The van der Waals surface area contributed by atoms with Gasteiger partial charge in [0.25, 0.3) is 0 Å². The van der Waals surface area contributed by atoms with Crippen LogP contribution in [0.2, 0.25) is 0 Å². The summed E-state index contributed by atoms with van der Waals surface area (Å²) in [6.07, 6.45) is 2.31. The zero-order valence-corrected chi connectivity index (χ0v) is 19.3. The molecule has 5 aromatic rings. The first-order chi connectivity index (χ1) is 15.9. The summed E-state index contributed by atoms with van der Waals surface area (Å²) in [5.74, 6) is 1.15. The molecule has 9 nitrogen and oxygen atoms in total. The van der Waals surface area contributed by atoms with Crippen molar-refractivity contribution in [1.29, 1.82) is 0 Å². The average Bonchev–Trinajstić information content (AvgIpc) is 3.51. The summed E-state index contributed by atoms with van der Waals surface area (Å²) < 4.78 is 6.26. The van der Waals surface area contributed by atoms with Gasteiger partial charge in [0.1, 0.15) is 0 Å². The minimum absolute atomic E-state index is 0.201. The largest absolute Gasteiger partial charge is 0.339 e. The lowest BCUT2D eigenvalue weighted by atomic mass is 9.97. The first-order valence-electron chi connectivity index (χ1n) is 10.6. The van der Waals surface area contributed by atoms with Crippen molar-refractivity contribution in [2.24, 2.45) is 0 Å². The number of carbonyl (C=O) groups excluding carboxylic acids is 1. The van der Waals surface area contributed by atoms with Crippen LogP contribution in [0.4, 0.5) is 9.93 Å². The van der Waals surface area contributed by atoms with Gasteiger partial charge in [0, 0.05) is 23.8 Å². The number of hydrogen-bond acceptors (Lipinski definition) is 7. The number of carbonyl (C=O) groups is 1. The van der Waals surface area contributed by atoms with Crippen molar-refractivity contribution in [2.75, 3.05) is 11.9 Å². The molecule has 0 saturated carbocycles. The summed E-state index contributed by atoms with van der Waals surface area (Å²) in [5.41, 5.74) is 3.79. The topological polar surface area (TPSA) is 122 Å². The molecule has 0 aliphatic rings. The van der Waals surface area contributed by atoms with Gasteiger partial charge in [0.2, 0.25) is 5.89 Å². The Kier molecular flexibility index (Phi) is 5.29. The molecular weight excluding hydrogens is 438 g/mol. The molecule has 0 saturated heterocycles. The molecular formula is C23H23N7O2S. The minimum atomic E-state index is -0.322. The lowest BCUT2D eigenvalue weighted by Gasteiger charge is -2.10. The molecule has 5 rings (SSSR count). The van der Waals surface area contributed by atoms with Crippen molar-refractivity contribution in [1.82, 2.24) is 30.6 Å². The molecule has 2 amide bonds. The number of H-pyrrole nitrogens is 1. The number of fused-ring (bicyclic) bond motifs is 2. The Balaban J connectivity index is 1.23. The SMILES string of the molecule is CC(C)(C)c1nc(CCNC(=O)Nc2nc3ccc(-c4cccc5[nH]ncc45)cc3s2)no1. The maximum atomic E-state index is 12.3. The Morgan fingerprint density at radius 3 is 2.88 bits per heavy atom. The number of benzene rings is 2. The summed E-state index contributed by atoms with van der Waals surface area (Å²) in [6.45, 7) is 6.41. The number of nitrogens with zero attached hydrogens (tertiary/aromatic N) is 4. The fraction of sp³-hybridized carbons (Fsp3) is 0.261. The van der Waals surface area contributed by atoms with Crippen LogP contribution >= 0.6 is 11.3 Å². The molecule has 168 valence electrons. The summed E-state index contributed by atoms with van der Waals surface area (Å²) in [4.78, 5) is 21.2. The zero-order chi connectivity index (χ0) is 23.0. The second kappa shape index (κ2) is 8.28. The number of hydrogen-bond donors (Lipinski definition) is 3. The van der Waals surface area contributed by atoms with E-state index in [1.54, 1.807) is 0 Å². The fourth-order valence-corrected chi connectivity index (χ4v) is 4.35.